The number of carbonyl (C=O) groups excluding carboxylic acids is 1. The van der Waals surface area contributed by atoms with E-state index in [0.717, 1.165) is 11.6 Å². The number of aromatic nitrogens is 1. The number of benzene rings is 3. The van der Waals surface area contributed by atoms with Gasteiger partial charge in [0.15, 0.2) is 6.61 Å². The van der Waals surface area contributed by atoms with E-state index >= 15 is 0 Å². The molecule has 0 radical (unpaired) electrons. The topological polar surface area (TPSA) is 51.2 Å². The van der Waals surface area contributed by atoms with Gasteiger partial charge in [-0.1, -0.05) is 54.6 Å². The molecule has 0 aliphatic carbocycles. The van der Waals surface area contributed by atoms with E-state index in [1.165, 1.54) is 18.2 Å². The minimum Gasteiger partial charge on any atom is -0.483 e. The van der Waals surface area contributed by atoms with Crippen molar-refractivity contribution in [2.75, 3.05) is 11.9 Å². The van der Waals surface area contributed by atoms with E-state index < -0.39 is 24.3 Å². The third-order valence-electron chi connectivity index (χ3n) is 4.61. The van der Waals surface area contributed by atoms with Gasteiger partial charge in [-0.2, -0.15) is 13.2 Å². The summed E-state index contributed by atoms with van der Waals surface area (Å²) in [6.07, 6.45) is -4.57. The van der Waals surface area contributed by atoms with Gasteiger partial charge in [0.1, 0.15) is 5.75 Å². The zero-order chi connectivity index (χ0) is 21.8. The highest BCUT2D eigenvalue weighted by atomic mass is 19.4. The van der Waals surface area contributed by atoms with Crippen LogP contribution in [0.5, 0.6) is 5.75 Å². The molecule has 0 saturated heterocycles. The van der Waals surface area contributed by atoms with Gasteiger partial charge in [-0.3, -0.25) is 4.79 Å². The molecule has 0 atom stereocenters. The molecule has 0 aliphatic rings. The highest BCUT2D eigenvalue weighted by molar-refractivity contribution is 5.93. The normalized spacial score (nSPS) is 11.3. The third-order valence-corrected chi connectivity index (χ3v) is 4.61. The van der Waals surface area contributed by atoms with Gasteiger partial charge in [-0.15, -0.1) is 0 Å². The number of hydrogen-bond acceptors (Lipinski definition) is 3. The third kappa shape index (κ3) is 4.66. The highest BCUT2D eigenvalue weighted by Crippen LogP contribution is 2.34. The summed E-state index contributed by atoms with van der Waals surface area (Å²) < 4.78 is 45.1. The summed E-state index contributed by atoms with van der Waals surface area (Å²) in [6.45, 7) is -0.450. The number of fused-ring (bicyclic) bond motifs is 1. The first-order valence-electron chi connectivity index (χ1n) is 9.46. The maximum Gasteiger partial charge on any atom is 0.418 e. The number of nitrogens with one attached hydrogen (secondary N) is 1. The molecule has 0 bridgehead atoms. The minimum absolute atomic E-state index is 0.312. The monoisotopic (exact) mass is 422 g/mol. The molecular formula is C24H17F3N2O2. The fourth-order valence-electron chi connectivity index (χ4n) is 3.19. The van der Waals surface area contributed by atoms with E-state index in [1.807, 2.05) is 54.6 Å². The van der Waals surface area contributed by atoms with E-state index in [9.17, 15) is 18.0 Å². The molecule has 156 valence electrons. The van der Waals surface area contributed by atoms with Gasteiger partial charge in [0, 0.05) is 17.0 Å². The number of anilines is 1. The summed E-state index contributed by atoms with van der Waals surface area (Å²) in [5.74, 6) is -0.275. The summed E-state index contributed by atoms with van der Waals surface area (Å²) >= 11 is 0. The number of alkyl halides is 3. The second kappa shape index (κ2) is 8.47. The predicted octanol–water partition coefficient (Wildman–Crippen LogP) is 5.94. The molecular weight excluding hydrogens is 405 g/mol. The highest BCUT2D eigenvalue weighted by Gasteiger charge is 2.33. The molecule has 0 fully saturated rings. The molecule has 4 rings (SSSR count). The fourth-order valence-corrected chi connectivity index (χ4v) is 3.19. The maximum atomic E-state index is 13.1. The van der Waals surface area contributed by atoms with Crippen molar-refractivity contribution in [1.29, 1.82) is 0 Å². The van der Waals surface area contributed by atoms with Crippen LogP contribution in [0.1, 0.15) is 5.56 Å². The lowest BCUT2D eigenvalue weighted by Crippen LogP contribution is -2.22. The number of para-hydroxylation sites is 2. The molecule has 4 aromatic rings. The second-order valence-corrected chi connectivity index (χ2v) is 6.77. The number of halogens is 3. The molecule has 0 spiro atoms. The van der Waals surface area contributed by atoms with Gasteiger partial charge >= 0.3 is 6.18 Å². The van der Waals surface area contributed by atoms with E-state index in [1.54, 1.807) is 6.07 Å². The van der Waals surface area contributed by atoms with E-state index in [4.69, 9.17) is 4.74 Å². The average molecular weight is 422 g/mol. The van der Waals surface area contributed by atoms with Crippen molar-refractivity contribution in [3.05, 3.63) is 90.5 Å². The van der Waals surface area contributed by atoms with Gasteiger partial charge in [-0.25, -0.2) is 4.98 Å². The summed E-state index contributed by atoms with van der Waals surface area (Å²) in [4.78, 5) is 17.0. The molecule has 31 heavy (non-hydrogen) atoms. The van der Waals surface area contributed by atoms with E-state index in [2.05, 4.69) is 10.3 Å². The second-order valence-electron chi connectivity index (χ2n) is 6.77. The summed E-state index contributed by atoms with van der Waals surface area (Å²) in [5.41, 5.74) is 0.998. The van der Waals surface area contributed by atoms with Crippen molar-refractivity contribution < 1.29 is 22.7 Å². The van der Waals surface area contributed by atoms with Crippen molar-refractivity contribution in [2.45, 2.75) is 6.18 Å². The Morgan fingerprint density at radius 2 is 1.58 bits per heavy atom. The Balaban J connectivity index is 1.58. The molecule has 1 aromatic heterocycles. The molecule has 0 saturated carbocycles. The lowest BCUT2D eigenvalue weighted by Gasteiger charge is -2.14. The van der Waals surface area contributed by atoms with Gasteiger partial charge < -0.3 is 10.1 Å². The number of amides is 1. The zero-order valence-corrected chi connectivity index (χ0v) is 16.2. The zero-order valence-electron chi connectivity index (χ0n) is 16.2. The van der Waals surface area contributed by atoms with Crippen LogP contribution in [-0.2, 0) is 11.0 Å². The number of nitrogens with zero attached hydrogens (tertiary/aromatic N) is 1. The van der Waals surface area contributed by atoms with Crippen LogP contribution in [0.2, 0.25) is 0 Å². The Morgan fingerprint density at radius 3 is 2.35 bits per heavy atom. The number of hydrogen-bond donors (Lipinski definition) is 1. The largest absolute Gasteiger partial charge is 0.483 e. The van der Waals surface area contributed by atoms with Crippen LogP contribution in [0.3, 0.4) is 0 Å². The van der Waals surface area contributed by atoms with Crippen molar-refractivity contribution in [3.8, 4) is 17.0 Å². The minimum atomic E-state index is -4.57. The quantitative estimate of drug-likeness (QED) is 0.433. The number of carbonyl (C=O) groups is 1. The first kappa shape index (κ1) is 20.4. The fraction of sp³-hybridized carbons (Fsp3) is 0.0833. The average Bonchev–Trinajstić information content (AvgIpc) is 2.77. The summed E-state index contributed by atoms with van der Waals surface area (Å²) in [7, 11) is 0. The molecule has 1 heterocycles. The lowest BCUT2D eigenvalue weighted by molar-refractivity contribution is -0.137. The molecule has 1 N–H and O–H groups in total. The Hall–Kier alpha value is -3.87. The van der Waals surface area contributed by atoms with Crippen molar-refractivity contribution in [2.24, 2.45) is 0 Å². The van der Waals surface area contributed by atoms with Crippen LogP contribution in [-0.4, -0.2) is 17.5 Å². The van der Waals surface area contributed by atoms with Crippen LogP contribution < -0.4 is 10.1 Å². The van der Waals surface area contributed by atoms with Gasteiger partial charge in [0.05, 0.1) is 22.5 Å². The number of ether oxygens (including phenoxy) is 1. The van der Waals surface area contributed by atoms with Crippen molar-refractivity contribution in [3.63, 3.8) is 0 Å². The van der Waals surface area contributed by atoms with Gasteiger partial charge in [0.2, 0.25) is 0 Å². The van der Waals surface area contributed by atoms with Gasteiger partial charge in [-0.05, 0) is 24.3 Å². The van der Waals surface area contributed by atoms with Crippen LogP contribution in [0.4, 0.5) is 18.9 Å². The van der Waals surface area contributed by atoms with Crippen LogP contribution in [0.25, 0.3) is 22.2 Å². The Morgan fingerprint density at radius 1 is 0.903 bits per heavy atom. The molecule has 0 aliphatic heterocycles. The maximum absolute atomic E-state index is 13.1. The molecule has 1 amide bonds. The summed E-state index contributed by atoms with van der Waals surface area (Å²) in [5, 5.41) is 2.98. The standard InChI is InChI=1S/C24H17F3N2O2/c25-24(26,27)18-11-5-7-13-20(18)29-23(30)15-31-22-14-21(16-8-2-1-3-9-16)28-19-12-6-4-10-17(19)22/h1-14H,15H2,(H,29,30). The molecule has 0 unspecified atom stereocenters. The van der Waals surface area contributed by atoms with Crippen LogP contribution >= 0.6 is 0 Å². The predicted molar refractivity (Wildman–Crippen MR) is 113 cm³/mol. The molecule has 4 nitrogen and oxygen atoms in total. The molecule has 3 aromatic carbocycles. The first-order valence-corrected chi connectivity index (χ1v) is 9.46. The Kier molecular flexibility index (Phi) is 5.58. The van der Waals surface area contributed by atoms with Crippen molar-refractivity contribution >= 4 is 22.5 Å². The smallest absolute Gasteiger partial charge is 0.418 e. The van der Waals surface area contributed by atoms with E-state index in [-0.39, 0.29) is 5.69 Å². The van der Waals surface area contributed by atoms with Crippen LogP contribution in [0, 0.1) is 0 Å². The summed E-state index contributed by atoms with van der Waals surface area (Å²) in [6, 6.07) is 23.3. The molecule has 7 heteroatoms. The first-order chi connectivity index (χ1) is 14.9. The van der Waals surface area contributed by atoms with E-state index in [0.29, 0.717) is 22.3 Å². The number of rotatable bonds is 5. The van der Waals surface area contributed by atoms with Crippen LogP contribution in [0.15, 0.2) is 84.9 Å². The Bertz CT molecular complexity index is 1220. The lowest BCUT2D eigenvalue weighted by atomic mass is 10.1. The Labute approximate surface area is 176 Å². The number of pyridine rings is 1. The SMILES string of the molecule is O=C(COc1cc(-c2ccccc2)nc2ccccc12)Nc1ccccc1C(F)(F)F. The van der Waals surface area contributed by atoms with Gasteiger partial charge in [0.25, 0.3) is 5.91 Å². The van der Waals surface area contributed by atoms with Crippen molar-refractivity contribution in [1.82, 2.24) is 4.98 Å².